The largest absolute Gasteiger partial charge is 0.495 e. The normalized spacial score (nSPS) is 14.9. The number of nitrogens with one attached hydrogen (secondary N) is 1. The van der Waals surface area contributed by atoms with E-state index in [0.29, 0.717) is 11.4 Å². The summed E-state index contributed by atoms with van der Waals surface area (Å²) < 4.78 is 32.7. The molecule has 0 heterocycles. The average molecular weight is 609 g/mol. The van der Waals surface area contributed by atoms with Crippen LogP contribution in [-0.2, 0) is 26.2 Å². The molecule has 208 valence electrons. The van der Waals surface area contributed by atoms with E-state index in [1.807, 2.05) is 24.3 Å². The summed E-state index contributed by atoms with van der Waals surface area (Å²) in [5, 5.41) is 3.14. The zero-order valence-corrected chi connectivity index (χ0v) is 24.8. The minimum absolute atomic E-state index is 0.0960. The maximum atomic E-state index is 13.5. The van der Waals surface area contributed by atoms with Gasteiger partial charge in [0.25, 0.3) is 0 Å². The summed E-state index contributed by atoms with van der Waals surface area (Å²) in [6.45, 7) is 2.15. The van der Waals surface area contributed by atoms with Crippen LogP contribution in [-0.4, -0.2) is 57.1 Å². The lowest BCUT2D eigenvalue weighted by Gasteiger charge is -2.31. The van der Waals surface area contributed by atoms with E-state index in [4.69, 9.17) is 4.74 Å². The molecular formula is C28H38BrN3O5S. The molecule has 0 spiro atoms. The van der Waals surface area contributed by atoms with Crippen LogP contribution in [0.3, 0.4) is 0 Å². The molecule has 1 aliphatic carbocycles. The Morgan fingerprint density at radius 3 is 2.37 bits per heavy atom. The number of methoxy groups -OCH3 is 1. The van der Waals surface area contributed by atoms with Gasteiger partial charge in [-0.2, -0.15) is 0 Å². The van der Waals surface area contributed by atoms with Gasteiger partial charge in [-0.1, -0.05) is 59.5 Å². The second-order valence-corrected chi connectivity index (χ2v) is 12.6. The molecule has 38 heavy (non-hydrogen) atoms. The van der Waals surface area contributed by atoms with Gasteiger partial charge in [0, 0.05) is 30.0 Å². The summed E-state index contributed by atoms with van der Waals surface area (Å²) in [5.41, 5.74) is 1.34. The molecule has 10 heteroatoms. The molecule has 3 rings (SSSR count). The number of benzene rings is 2. The zero-order chi connectivity index (χ0) is 27.7. The Hall–Kier alpha value is -2.59. The number of amides is 2. The van der Waals surface area contributed by atoms with Crippen molar-refractivity contribution in [3.8, 4) is 5.75 Å². The Morgan fingerprint density at radius 2 is 1.74 bits per heavy atom. The molecular weight excluding hydrogens is 570 g/mol. The first-order chi connectivity index (χ1) is 18.1. The molecule has 2 amide bonds. The van der Waals surface area contributed by atoms with Crippen molar-refractivity contribution in [2.45, 2.75) is 70.5 Å². The summed E-state index contributed by atoms with van der Waals surface area (Å²) in [5.74, 6) is 0.0796. The van der Waals surface area contributed by atoms with Gasteiger partial charge in [0.05, 0.1) is 19.1 Å². The van der Waals surface area contributed by atoms with E-state index in [0.717, 1.165) is 42.0 Å². The van der Waals surface area contributed by atoms with Gasteiger partial charge < -0.3 is 15.0 Å². The van der Waals surface area contributed by atoms with Crippen molar-refractivity contribution in [2.24, 2.45) is 0 Å². The molecule has 2 aromatic rings. The number of halogens is 1. The van der Waals surface area contributed by atoms with Gasteiger partial charge >= 0.3 is 0 Å². The third-order valence-corrected chi connectivity index (χ3v) is 8.60. The molecule has 0 bridgehead atoms. The van der Waals surface area contributed by atoms with Crippen LogP contribution in [0.15, 0.2) is 53.0 Å². The van der Waals surface area contributed by atoms with Crippen LogP contribution in [0.1, 0.15) is 57.4 Å². The van der Waals surface area contributed by atoms with E-state index in [1.54, 1.807) is 36.1 Å². The smallest absolute Gasteiger partial charge is 0.242 e. The lowest BCUT2D eigenvalue weighted by Crippen LogP contribution is -2.50. The predicted octanol–water partition coefficient (Wildman–Crippen LogP) is 4.87. The Kier molecular flexibility index (Phi) is 11.0. The van der Waals surface area contributed by atoms with Gasteiger partial charge in [-0.15, -0.1) is 0 Å². The molecule has 8 nitrogen and oxygen atoms in total. The molecule has 1 N–H and O–H groups in total. The summed E-state index contributed by atoms with van der Waals surface area (Å²) >= 11 is 3.43. The van der Waals surface area contributed by atoms with Crippen molar-refractivity contribution < 1.29 is 22.7 Å². The van der Waals surface area contributed by atoms with E-state index in [9.17, 15) is 18.0 Å². The van der Waals surface area contributed by atoms with E-state index >= 15 is 0 Å². The third-order valence-electron chi connectivity index (χ3n) is 6.89. The number of hydrogen-bond acceptors (Lipinski definition) is 5. The van der Waals surface area contributed by atoms with Crippen molar-refractivity contribution in [1.29, 1.82) is 0 Å². The number of para-hydroxylation sites is 2. The molecule has 1 unspecified atom stereocenters. The fourth-order valence-corrected chi connectivity index (χ4v) is 5.99. The second kappa shape index (κ2) is 14.0. The minimum atomic E-state index is -3.61. The number of carbonyl (C=O) groups excluding carboxylic acids is 2. The molecule has 0 aliphatic heterocycles. The highest BCUT2D eigenvalue weighted by atomic mass is 79.9. The number of carbonyl (C=O) groups is 2. The maximum absolute atomic E-state index is 13.5. The number of hydrogen-bond donors (Lipinski definition) is 1. The van der Waals surface area contributed by atoms with E-state index in [2.05, 4.69) is 21.2 Å². The highest BCUT2D eigenvalue weighted by Gasteiger charge is 2.28. The SMILES string of the molecule is COc1ccccc1N(CCCC(=O)N(Cc1ccc(Br)cc1)C(C)C(=O)NC1CCCCC1)S(C)(=O)=O. The second-order valence-electron chi connectivity index (χ2n) is 9.78. The van der Waals surface area contributed by atoms with Crippen LogP contribution < -0.4 is 14.4 Å². The molecule has 1 saturated carbocycles. The molecule has 0 radical (unpaired) electrons. The fourth-order valence-electron chi connectivity index (χ4n) is 4.76. The highest BCUT2D eigenvalue weighted by molar-refractivity contribution is 9.10. The molecule has 1 aliphatic rings. The predicted molar refractivity (Wildman–Crippen MR) is 154 cm³/mol. The van der Waals surface area contributed by atoms with Gasteiger partial charge in [0.15, 0.2) is 0 Å². The van der Waals surface area contributed by atoms with Crippen LogP contribution in [0.5, 0.6) is 5.75 Å². The number of anilines is 1. The quantitative estimate of drug-likeness (QED) is 0.371. The topological polar surface area (TPSA) is 96.0 Å². The lowest BCUT2D eigenvalue weighted by molar-refractivity contribution is -0.141. The Morgan fingerprint density at radius 1 is 1.08 bits per heavy atom. The van der Waals surface area contributed by atoms with Crippen LogP contribution in [0.25, 0.3) is 0 Å². The first kappa shape index (κ1) is 30.0. The number of nitrogens with zero attached hydrogens (tertiary/aromatic N) is 2. The van der Waals surface area contributed by atoms with E-state index < -0.39 is 16.1 Å². The zero-order valence-electron chi connectivity index (χ0n) is 22.4. The maximum Gasteiger partial charge on any atom is 0.242 e. The first-order valence-corrected chi connectivity index (χ1v) is 15.7. The van der Waals surface area contributed by atoms with Crippen LogP contribution >= 0.6 is 15.9 Å². The van der Waals surface area contributed by atoms with Gasteiger partial charge in [-0.05, 0) is 56.0 Å². The summed E-state index contributed by atoms with van der Waals surface area (Å²) in [4.78, 5) is 28.2. The Labute approximate surface area is 234 Å². The van der Waals surface area contributed by atoms with E-state index in [-0.39, 0.29) is 43.8 Å². The molecule has 1 fully saturated rings. The molecule has 1 atom stereocenters. The Balaban J connectivity index is 1.73. The number of rotatable bonds is 12. The first-order valence-electron chi connectivity index (χ1n) is 13.0. The number of sulfonamides is 1. The number of ether oxygens (including phenoxy) is 1. The standard InChI is InChI=1S/C28H38BrN3O5S/c1-21(28(34)30-24-10-5-4-6-11-24)31(20-22-15-17-23(29)18-16-22)27(33)14-9-19-32(38(3,35)36)25-12-7-8-13-26(25)37-2/h7-8,12-13,15-18,21,24H,4-6,9-11,14,19-20H2,1-3H3,(H,30,34). The van der Waals surface area contributed by atoms with Crippen molar-refractivity contribution >= 4 is 43.5 Å². The molecule has 0 aromatic heterocycles. The van der Waals surface area contributed by atoms with Crippen LogP contribution in [0.2, 0.25) is 0 Å². The fraction of sp³-hybridized carbons (Fsp3) is 0.500. The van der Waals surface area contributed by atoms with Crippen molar-refractivity contribution in [1.82, 2.24) is 10.2 Å². The average Bonchev–Trinajstić information content (AvgIpc) is 2.90. The van der Waals surface area contributed by atoms with Crippen LogP contribution in [0, 0.1) is 0 Å². The van der Waals surface area contributed by atoms with Crippen LogP contribution in [0.4, 0.5) is 5.69 Å². The van der Waals surface area contributed by atoms with Crippen molar-refractivity contribution in [3.05, 3.63) is 58.6 Å². The van der Waals surface area contributed by atoms with Crippen molar-refractivity contribution in [3.63, 3.8) is 0 Å². The molecule has 2 aromatic carbocycles. The monoisotopic (exact) mass is 607 g/mol. The van der Waals surface area contributed by atoms with Gasteiger partial charge in [0.2, 0.25) is 21.8 Å². The van der Waals surface area contributed by atoms with Gasteiger partial charge in [-0.25, -0.2) is 8.42 Å². The van der Waals surface area contributed by atoms with E-state index in [1.165, 1.54) is 17.8 Å². The minimum Gasteiger partial charge on any atom is -0.495 e. The Bertz CT molecular complexity index is 1180. The summed E-state index contributed by atoms with van der Waals surface area (Å²) in [7, 11) is -2.12. The molecule has 0 saturated heterocycles. The summed E-state index contributed by atoms with van der Waals surface area (Å²) in [6.07, 6.45) is 6.84. The highest BCUT2D eigenvalue weighted by Crippen LogP contribution is 2.30. The van der Waals surface area contributed by atoms with Gasteiger partial charge in [0.1, 0.15) is 11.8 Å². The summed E-state index contributed by atoms with van der Waals surface area (Å²) in [6, 6.07) is 14.0. The van der Waals surface area contributed by atoms with Gasteiger partial charge in [-0.3, -0.25) is 13.9 Å². The lowest BCUT2D eigenvalue weighted by atomic mass is 9.95. The van der Waals surface area contributed by atoms with Crippen molar-refractivity contribution in [2.75, 3.05) is 24.2 Å². The third kappa shape index (κ3) is 8.46.